The van der Waals surface area contributed by atoms with Crippen LogP contribution in [0.15, 0.2) is 0 Å². The summed E-state index contributed by atoms with van der Waals surface area (Å²) in [6, 6.07) is 0. The van der Waals surface area contributed by atoms with Gasteiger partial charge in [0.15, 0.2) is 0 Å². The van der Waals surface area contributed by atoms with Crippen molar-refractivity contribution in [2.24, 2.45) is 5.73 Å². The molecule has 112 valence electrons. The van der Waals surface area contributed by atoms with E-state index in [-0.39, 0.29) is 0 Å². The molecular formula is C14H29N3O2. The van der Waals surface area contributed by atoms with E-state index in [1.54, 1.807) is 0 Å². The molecule has 2 rings (SSSR count). The van der Waals surface area contributed by atoms with Crippen LogP contribution < -0.4 is 5.73 Å². The van der Waals surface area contributed by atoms with Crippen LogP contribution in [0.3, 0.4) is 0 Å². The molecule has 1 atom stereocenters. The van der Waals surface area contributed by atoms with Crippen LogP contribution in [-0.4, -0.2) is 81.0 Å². The predicted molar refractivity (Wildman–Crippen MR) is 76.3 cm³/mol. The van der Waals surface area contributed by atoms with Crippen LogP contribution in [0.4, 0.5) is 0 Å². The minimum atomic E-state index is 0.384. The van der Waals surface area contributed by atoms with Crippen molar-refractivity contribution in [1.29, 1.82) is 0 Å². The first-order chi connectivity index (χ1) is 9.31. The average molecular weight is 271 g/mol. The van der Waals surface area contributed by atoms with Gasteiger partial charge in [-0.2, -0.15) is 0 Å². The van der Waals surface area contributed by atoms with E-state index in [0.29, 0.717) is 25.4 Å². The SMILES string of the molecule is CCN1CCOC(CN2CCC(OCCN)CC2)C1. The van der Waals surface area contributed by atoms with Crippen molar-refractivity contribution in [2.75, 3.05) is 59.0 Å². The van der Waals surface area contributed by atoms with Crippen LogP contribution >= 0.6 is 0 Å². The first-order valence-corrected chi connectivity index (χ1v) is 7.69. The molecule has 2 fully saturated rings. The van der Waals surface area contributed by atoms with E-state index < -0.39 is 0 Å². The second kappa shape index (κ2) is 8.17. The highest BCUT2D eigenvalue weighted by Crippen LogP contribution is 2.15. The van der Waals surface area contributed by atoms with Crippen molar-refractivity contribution in [3.8, 4) is 0 Å². The maximum absolute atomic E-state index is 5.87. The molecule has 2 N–H and O–H groups in total. The quantitative estimate of drug-likeness (QED) is 0.745. The summed E-state index contributed by atoms with van der Waals surface area (Å²) in [5, 5.41) is 0. The Balaban J connectivity index is 1.64. The summed E-state index contributed by atoms with van der Waals surface area (Å²) in [5.74, 6) is 0. The summed E-state index contributed by atoms with van der Waals surface area (Å²) in [6.45, 7) is 11.1. The van der Waals surface area contributed by atoms with E-state index in [4.69, 9.17) is 15.2 Å². The van der Waals surface area contributed by atoms with E-state index in [2.05, 4.69) is 16.7 Å². The molecule has 0 aromatic rings. The minimum Gasteiger partial charge on any atom is -0.377 e. The lowest BCUT2D eigenvalue weighted by Crippen LogP contribution is -2.49. The Labute approximate surface area is 117 Å². The number of ether oxygens (including phenoxy) is 2. The van der Waals surface area contributed by atoms with Gasteiger partial charge >= 0.3 is 0 Å². The number of piperidine rings is 1. The first-order valence-electron chi connectivity index (χ1n) is 7.69. The molecule has 5 nitrogen and oxygen atoms in total. The Morgan fingerprint density at radius 1 is 1.21 bits per heavy atom. The fourth-order valence-electron chi connectivity index (χ4n) is 2.96. The molecule has 0 saturated carbocycles. The Bertz CT molecular complexity index is 245. The zero-order chi connectivity index (χ0) is 13.5. The third-order valence-electron chi connectivity index (χ3n) is 4.14. The first kappa shape index (κ1) is 15.2. The Morgan fingerprint density at radius 3 is 2.68 bits per heavy atom. The summed E-state index contributed by atoms with van der Waals surface area (Å²) >= 11 is 0. The van der Waals surface area contributed by atoms with Gasteiger partial charge in [0, 0.05) is 39.3 Å². The second-order valence-electron chi connectivity index (χ2n) is 5.55. The molecule has 0 amide bonds. The van der Waals surface area contributed by atoms with Crippen molar-refractivity contribution in [1.82, 2.24) is 9.80 Å². The Morgan fingerprint density at radius 2 is 2.00 bits per heavy atom. The van der Waals surface area contributed by atoms with Gasteiger partial charge in [0.05, 0.1) is 25.4 Å². The number of hydrogen-bond donors (Lipinski definition) is 1. The number of hydrogen-bond acceptors (Lipinski definition) is 5. The van der Waals surface area contributed by atoms with Gasteiger partial charge in [0.2, 0.25) is 0 Å². The molecule has 2 aliphatic rings. The molecule has 19 heavy (non-hydrogen) atoms. The average Bonchev–Trinajstić information content (AvgIpc) is 2.47. The van der Waals surface area contributed by atoms with E-state index in [9.17, 15) is 0 Å². The number of nitrogens with two attached hydrogens (primary N) is 1. The maximum Gasteiger partial charge on any atom is 0.0829 e. The third kappa shape index (κ3) is 5.00. The lowest BCUT2D eigenvalue weighted by atomic mass is 10.1. The molecule has 0 aromatic heterocycles. The number of morpholine rings is 1. The molecule has 0 aliphatic carbocycles. The maximum atomic E-state index is 5.87. The number of likely N-dealkylation sites (tertiary alicyclic amines) is 1. The second-order valence-corrected chi connectivity index (χ2v) is 5.55. The number of likely N-dealkylation sites (N-methyl/N-ethyl adjacent to an activating group) is 1. The van der Waals surface area contributed by atoms with Crippen molar-refractivity contribution in [2.45, 2.75) is 32.0 Å². The van der Waals surface area contributed by atoms with Gasteiger partial charge in [-0.15, -0.1) is 0 Å². The van der Waals surface area contributed by atoms with Crippen molar-refractivity contribution in [3.05, 3.63) is 0 Å². The molecule has 0 spiro atoms. The molecule has 2 aliphatic heterocycles. The lowest BCUT2D eigenvalue weighted by molar-refractivity contribution is -0.0532. The zero-order valence-electron chi connectivity index (χ0n) is 12.2. The molecular weight excluding hydrogens is 242 g/mol. The van der Waals surface area contributed by atoms with Crippen molar-refractivity contribution < 1.29 is 9.47 Å². The van der Waals surface area contributed by atoms with Crippen LogP contribution in [0, 0.1) is 0 Å². The predicted octanol–water partition coefficient (Wildman–Crippen LogP) is 0.147. The molecule has 1 unspecified atom stereocenters. The summed E-state index contributed by atoms with van der Waals surface area (Å²) in [7, 11) is 0. The standard InChI is InChI=1S/C14H29N3O2/c1-2-16-8-10-19-14(11-16)12-17-6-3-13(4-7-17)18-9-5-15/h13-14H,2-12,15H2,1H3. The molecule has 0 bridgehead atoms. The third-order valence-corrected chi connectivity index (χ3v) is 4.14. The molecule has 5 heteroatoms. The lowest BCUT2D eigenvalue weighted by Gasteiger charge is -2.37. The Hall–Kier alpha value is -0.200. The highest BCUT2D eigenvalue weighted by molar-refractivity contribution is 4.78. The molecule has 0 aromatic carbocycles. The van der Waals surface area contributed by atoms with Crippen LogP contribution in [-0.2, 0) is 9.47 Å². The van der Waals surface area contributed by atoms with Crippen LogP contribution in [0.1, 0.15) is 19.8 Å². The highest BCUT2D eigenvalue weighted by atomic mass is 16.5. The van der Waals surface area contributed by atoms with Gasteiger partial charge in [-0.05, 0) is 19.4 Å². The van der Waals surface area contributed by atoms with Crippen LogP contribution in [0.25, 0.3) is 0 Å². The monoisotopic (exact) mass is 271 g/mol. The number of rotatable bonds is 6. The van der Waals surface area contributed by atoms with E-state index in [1.807, 2.05) is 0 Å². The summed E-state index contributed by atoms with van der Waals surface area (Å²) < 4.78 is 11.6. The normalized spacial score (nSPS) is 27.8. The summed E-state index contributed by atoms with van der Waals surface area (Å²) in [6.07, 6.45) is 3.06. The molecule has 2 heterocycles. The molecule has 0 radical (unpaired) electrons. The van der Waals surface area contributed by atoms with Gasteiger partial charge in [0.25, 0.3) is 0 Å². The van der Waals surface area contributed by atoms with E-state index in [0.717, 1.165) is 58.7 Å². The fraction of sp³-hybridized carbons (Fsp3) is 1.00. The largest absolute Gasteiger partial charge is 0.377 e. The van der Waals surface area contributed by atoms with Gasteiger partial charge in [0.1, 0.15) is 0 Å². The van der Waals surface area contributed by atoms with Crippen LogP contribution in [0.2, 0.25) is 0 Å². The van der Waals surface area contributed by atoms with Gasteiger partial charge in [-0.25, -0.2) is 0 Å². The van der Waals surface area contributed by atoms with Crippen molar-refractivity contribution in [3.63, 3.8) is 0 Å². The number of nitrogens with zero attached hydrogens (tertiary/aromatic N) is 2. The molecule has 2 saturated heterocycles. The van der Waals surface area contributed by atoms with Crippen LogP contribution in [0.5, 0.6) is 0 Å². The van der Waals surface area contributed by atoms with Crippen molar-refractivity contribution >= 4 is 0 Å². The summed E-state index contributed by atoms with van der Waals surface area (Å²) in [5.41, 5.74) is 5.47. The Kier molecular flexibility index (Phi) is 6.53. The summed E-state index contributed by atoms with van der Waals surface area (Å²) in [4.78, 5) is 5.00. The van der Waals surface area contributed by atoms with Gasteiger partial charge < -0.3 is 20.1 Å². The zero-order valence-corrected chi connectivity index (χ0v) is 12.2. The topological polar surface area (TPSA) is 51.0 Å². The van der Waals surface area contributed by atoms with Gasteiger partial charge in [-0.1, -0.05) is 6.92 Å². The van der Waals surface area contributed by atoms with E-state index in [1.165, 1.54) is 0 Å². The van der Waals surface area contributed by atoms with Gasteiger partial charge in [-0.3, -0.25) is 4.90 Å². The smallest absolute Gasteiger partial charge is 0.0829 e. The highest BCUT2D eigenvalue weighted by Gasteiger charge is 2.25. The fourth-order valence-corrected chi connectivity index (χ4v) is 2.96. The minimum absolute atomic E-state index is 0.384. The van der Waals surface area contributed by atoms with E-state index >= 15 is 0 Å².